The van der Waals surface area contributed by atoms with Crippen molar-refractivity contribution >= 4 is 22.6 Å². The van der Waals surface area contributed by atoms with Crippen LogP contribution in [0.15, 0.2) is 28.3 Å². The van der Waals surface area contributed by atoms with E-state index in [1.165, 1.54) is 49.2 Å². The molecule has 0 radical (unpaired) electrons. The van der Waals surface area contributed by atoms with Gasteiger partial charge in [-0.1, -0.05) is 37.6 Å². The number of nitrogens with one attached hydrogen (secondary N) is 1. The van der Waals surface area contributed by atoms with Gasteiger partial charge in [-0.15, -0.1) is 0 Å². The second-order valence-corrected chi connectivity index (χ2v) is 6.78. The SMILES string of the molecule is C[C@@H]1CCCC[C@@H]1N=C1NN=C(c2c(F)cccc2F)CS1. The third-order valence-corrected chi connectivity index (χ3v) is 5.12. The van der Waals surface area contributed by atoms with Crippen LogP contribution in [0.3, 0.4) is 0 Å². The summed E-state index contributed by atoms with van der Waals surface area (Å²) in [5, 5.41) is 4.88. The second kappa shape index (κ2) is 6.77. The molecule has 22 heavy (non-hydrogen) atoms. The molecule has 0 unspecified atom stereocenters. The molecule has 0 saturated heterocycles. The van der Waals surface area contributed by atoms with Crippen molar-refractivity contribution < 1.29 is 8.78 Å². The number of hydrogen-bond donors (Lipinski definition) is 1. The van der Waals surface area contributed by atoms with Gasteiger partial charge in [0.25, 0.3) is 0 Å². The summed E-state index contributed by atoms with van der Waals surface area (Å²) in [6.45, 7) is 2.23. The topological polar surface area (TPSA) is 36.8 Å². The number of aliphatic imine (C=N–C) groups is 1. The van der Waals surface area contributed by atoms with E-state index in [-0.39, 0.29) is 5.56 Å². The lowest BCUT2D eigenvalue weighted by Gasteiger charge is -2.26. The van der Waals surface area contributed by atoms with Gasteiger partial charge in [0.1, 0.15) is 11.6 Å². The Balaban J connectivity index is 1.74. The molecule has 2 atom stereocenters. The second-order valence-electron chi connectivity index (χ2n) is 5.82. The van der Waals surface area contributed by atoms with Crippen LogP contribution in [0.5, 0.6) is 0 Å². The summed E-state index contributed by atoms with van der Waals surface area (Å²) in [5.41, 5.74) is 3.19. The molecule has 1 aliphatic heterocycles. The number of amidine groups is 1. The van der Waals surface area contributed by atoms with E-state index in [2.05, 4.69) is 17.5 Å². The van der Waals surface area contributed by atoms with Crippen molar-refractivity contribution in [2.45, 2.75) is 38.6 Å². The quantitative estimate of drug-likeness (QED) is 0.895. The van der Waals surface area contributed by atoms with Crippen molar-refractivity contribution in [3.8, 4) is 0 Å². The zero-order valence-corrected chi connectivity index (χ0v) is 13.3. The molecular formula is C16H19F2N3S. The maximum absolute atomic E-state index is 13.8. The number of hydrazone groups is 1. The Morgan fingerprint density at radius 2 is 1.95 bits per heavy atom. The van der Waals surface area contributed by atoms with Crippen LogP contribution < -0.4 is 5.43 Å². The maximum atomic E-state index is 13.8. The van der Waals surface area contributed by atoms with Gasteiger partial charge >= 0.3 is 0 Å². The molecule has 1 heterocycles. The molecular weight excluding hydrogens is 304 g/mol. The zero-order chi connectivity index (χ0) is 15.5. The molecule has 0 bridgehead atoms. The normalized spacial score (nSPS) is 27.4. The fraction of sp³-hybridized carbons (Fsp3) is 0.500. The first-order valence-corrected chi connectivity index (χ1v) is 8.61. The standard InChI is InChI=1S/C16H19F2N3S/c1-10-5-2-3-8-13(10)19-16-21-20-14(9-22-16)15-11(17)6-4-7-12(15)18/h4,6-7,10,13H,2-3,5,8-9H2,1H3,(H,19,21)/t10-,13+/m1/s1. The lowest BCUT2D eigenvalue weighted by Crippen LogP contribution is -2.30. The summed E-state index contributed by atoms with van der Waals surface area (Å²) >= 11 is 1.45. The van der Waals surface area contributed by atoms with Crippen molar-refractivity contribution in [3.05, 3.63) is 35.4 Å². The molecule has 0 amide bonds. The molecule has 1 aromatic rings. The molecule has 3 rings (SSSR count). The Hall–Kier alpha value is -1.43. The van der Waals surface area contributed by atoms with Crippen molar-refractivity contribution in [2.24, 2.45) is 16.0 Å². The molecule has 1 fully saturated rings. The first-order valence-electron chi connectivity index (χ1n) is 7.62. The van der Waals surface area contributed by atoms with Crippen LogP contribution in [0.4, 0.5) is 8.78 Å². The Morgan fingerprint density at radius 1 is 1.23 bits per heavy atom. The molecule has 1 aliphatic carbocycles. The molecule has 118 valence electrons. The summed E-state index contributed by atoms with van der Waals surface area (Å²) < 4.78 is 27.5. The van der Waals surface area contributed by atoms with Gasteiger partial charge in [-0.3, -0.25) is 10.4 Å². The summed E-state index contributed by atoms with van der Waals surface area (Å²) in [4.78, 5) is 4.72. The monoisotopic (exact) mass is 323 g/mol. The van der Waals surface area contributed by atoms with Gasteiger partial charge < -0.3 is 0 Å². The van der Waals surface area contributed by atoms with E-state index in [0.717, 1.165) is 11.6 Å². The Kier molecular flexibility index (Phi) is 4.76. The number of rotatable bonds is 2. The van der Waals surface area contributed by atoms with E-state index in [1.807, 2.05) is 0 Å². The van der Waals surface area contributed by atoms with Crippen LogP contribution in [0.1, 0.15) is 38.2 Å². The lowest BCUT2D eigenvalue weighted by atomic mass is 9.86. The van der Waals surface area contributed by atoms with Crippen LogP contribution in [-0.2, 0) is 0 Å². The molecule has 0 spiro atoms. The molecule has 2 aliphatic rings. The third-order valence-electron chi connectivity index (χ3n) is 4.23. The van der Waals surface area contributed by atoms with Crippen molar-refractivity contribution in [1.82, 2.24) is 5.43 Å². The van der Waals surface area contributed by atoms with Crippen molar-refractivity contribution in [2.75, 3.05) is 5.75 Å². The smallest absolute Gasteiger partial charge is 0.177 e. The van der Waals surface area contributed by atoms with Crippen LogP contribution in [0.2, 0.25) is 0 Å². The first kappa shape index (κ1) is 15.5. The summed E-state index contributed by atoms with van der Waals surface area (Å²) in [6, 6.07) is 4.18. The van der Waals surface area contributed by atoms with Gasteiger partial charge in [-0.25, -0.2) is 8.78 Å². The fourth-order valence-electron chi connectivity index (χ4n) is 2.92. The van der Waals surface area contributed by atoms with Crippen LogP contribution in [0, 0.1) is 17.6 Å². The maximum Gasteiger partial charge on any atom is 0.177 e. The Labute approximate surface area is 133 Å². The average molecular weight is 323 g/mol. The highest BCUT2D eigenvalue weighted by atomic mass is 32.2. The molecule has 3 nitrogen and oxygen atoms in total. The van der Waals surface area contributed by atoms with E-state index in [1.54, 1.807) is 0 Å². The number of halogens is 2. The number of hydrogen-bond acceptors (Lipinski definition) is 3. The molecule has 0 aromatic heterocycles. The van der Waals surface area contributed by atoms with Crippen LogP contribution in [0.25, 0.3) is 0 Å². The van der Waals surface area contributed by atoms with Gasteiger partial charge in [0.05, 0.1) is 17.3 Å². The van der Waals surface area contributed by atoms with E-state index < -0.39 is 11.6 Å². The number of benzene rings is 1. The minimum absolute atomic E-state index is 0.0485. The Bertz CT molecular complexity index is 595. The highest BCUT2D eigenvalue weighted by Crippen LogP contribution is 2.27. The van der Waals surface area contributed by atoms with Crippen molar-refractivity contribution in [1.29, 1.82) is 0 Å². The molecule has 1 aromatic carbocycles. The highest BCUT2D eigenvalue weighted by molar-refractivity contribution is 8.14. The van der Waals surface area contributed by atoms with E-state index in [4.69, 9.17) is 4.99 Å². The predicted molar refractivity (Wildman–Crippen MR) is 87.3 cm³/mol. The number of nitrogens with zero attached hydrogens (tertiary/aromatic N) is 2. The summed E-state index contributed by atoms with van der Waals surface area (Å²) in [5.74, 6) is -0.159. The van der Waals surface area contributed by atoms with Gasteiger partial charge in [0.2, 0.25) is 0 Å². The van der Waals surface area contributed by atoms with Crippen LogP contribution >= 0.6 is 11.8 Å². The summed E-state index contributed by atoms with van der Waals surface area (Å²) in [7, 11) is 0. The molecule has 1 N–H and O–H groups in total. The van der Waals surface area contributed by atoms with Gasteiger partial charge in [-0.05, 0) is 30.9 Å². The third kappa shape index (κ3) is 3.32. The fourth-order valence-corrected chi connectivity index (χ4v) is 3.73. The molecule has 1 saturated carbocycles. The predicted octanol–water partition coefficient (Wildman–Crippen LogP) is 3.94. The largest absolute Gasteiger partial charge is 0.258 e. The zero-order valence-electron chi connectivity index (χ0n) is 12.5. The van der Waals surface area contributed by atoms with E-state index >= 15 is 0 Å². The number of thioether (sulfide) groups is 1. The van der Waals surface area contributed by atoms with Gasteiger partial charge in [0, 0.05) is 5.75 Å². The van der Waals surface area contributed by atoms with E-state index in [0.29, 0.717) is 23.4 Å². The van der Waals surface area contributed by atoms with Crippen LogP contribution in [-0.4, -0.2) is 22.7 Å². The average Bonchev–Trinajstić information content (AvgIpc) is 2.51. The van der Waals surface area contributed by atoms with Gasteiger partial charge in [-0.2, -0.15) is 5.10 Å². The van der Waals surface area contributed by atoms with Gasteiger partial charge in [0.15, 0.2) is 5.17 Å². The Morgan fingerprint density at radius 3 is 2.59 bits per heavy atom. The first-order chi connectivity index (χ1) is 10.6. The van der Waals surface area contributed by atoms with E-state index in [9.17, 15) is 8.78 Å². The molecule has 6 heteroatoms. The minimum Gasteiger partial charge on any atom is -0.258 e. The lowest BCUT2D eigenvalue weighted by molar-refractivity contribution is 0.333. The summed E-state index contributed by atoms with van der Waals surface area (Å²) in [6.07, 6.45) is 4.80. The van der Waals surface area contributed by atoms with Crippen molar-refractivity contribution in [3.63, 3.8) is 0 Å². The highest BCUT2D eigenvalue weighted by Gasteiger charge is 2.23. The minimum atomic E-state index is -0.581.